The lowest BCUT2D eigenvalue weighted by Crippen LogP contribution is -2.36. The maximum Gasteiger partial charge on any atom is 0.0707 e. The molecule has 0 saturated heterocycles. The van der Waals surface area contributed by atoms with Crippen molar-refractivity contribution >= 4 is 38.9 Å². The van der Waals surface area contributed by atoms with Crippen LogP contribution in [0.25, 0.3) is 49.7 Å². The van der Waals surface area contributed by atoms with Gasteiger partial charge in [-0.05, 0) is 166 Å². The highest BCUT2D eigenvalue weighted by molar-refractivity contribution is 6.09. The van der Waals surface area contributed by atoms with E-state index in [0.29, 0.717) is 23.7 Å². The van der Waals surface area contributed by atoms with Crippen LogP contribution in [0.2, 0.25) is 0 Å². The molecule has 1 heterocycles. The van der Waals surface area contributed by atoms with Crippen LogP contribution >= 0.6 is 0 Å². The van der Waals surface area contributed by atoms with Gasteiger partial charge in [0.05, 0.1) is 16.4 Å². The highest BCUT2D eigenvalue weighted by atomic mass is 15.1. The first-order chi connectivity index (χ1) is 36.0. The van der Waals surface area contributed by atoms with Gasteiger partial charge in [0.1, 0.15) is 0 Å². The molecule has 3 aliphatic rings. The van der Waals surface area contributed by atoms with Gasteiger partial charge in [0.15, 0.2) is 0 Å². The summed E-state index contributed by atoms with van der Waals surface area (Å²) in [6, 6.07) is 95.7. The summed E-state index contributed by atoms with van der Waals surface area (Å²) in [5.74, 6) is 2.02. The Balaban J connectivity index is 0.990. The first kappa shape index (κ1) is 44.7. The van der Waals surface area contributed by atoms with Crippen LogP contribution in [-0.4, -0.2) is 4.57 Å². The van der Waals surface area contributed by atoms with Crippen molar-refractivity contribution in [2.75, 3.05) is 4.90 Å². The first-order valence-corrected chi connectivity index (χ1v) is 26.5. The molecule has 0 spiro atoms. The van der Waals surface area contributed by atoms with Crippen molar-refractivity contribution in [3.63, 3.8) is 0 Å². The molecule has 11 aromatic rings. The molecule has 2 unspecified atom stereocenters. The summed E-state index contributed by atoms with van der Waals surface area (Å²) < 4.78 is 2.39. The van der Waals surface area contributed by atoms with Crippen molar-refractivity contribution in [2.24, 2.45) is 11.8 Å². The Hall–Kier alpha value is -8.20. The molecule has 0 N–H and O–H groups in total. The Morgan fingerprint density at radius 1 is 0.356 bits per heavy atom. The predicted molar refractivity (Wildman–Crippen MR) is 307 cm³/mol. The van der Waals surface area contributed by atoms with E-state index < -0.39 is 5.41 Å². The molecule has 0 amide bonds. The van der Waals surface area contributed by atoms with Crippen molar-refractivity contribution in [1.82, 2.24) is 4.57 Å². The minimum absolute atomic E-state index is 0.378. The Morgan fingerprint density at radius 3 is 1.42 bits per heavy atom. The zero-order chi connectivity index (χ0) is 48.9. The summed E-state index contributed by atoms with van der Waals surface area (Å²) in [4.78, 5) is 2.51. The fourth-order valence-corrected chi connectivity index (χ4v) is 13.4. The topological polar surface area (TPSA) is 8.17 Å². The standard InChI is InChI=1S/C71H60N2/c1-49-43-55-44-50(2)46-56(45-49)66-48-62(41-42-68(66)71(57-22-8-4-9-23-57,58-24-10-5-11-25-58)67-30-15-12-27-63(55)67)72(61-26-18-21-54(47-61)51-19-6-3-7-20-51)59-37-33-52(34-38-59)53-35-39-60(40-36-53)73-69-31-16-13-28-64(69)65-29-14-17-32-70(65)73/h3-42,47-50,55-56H,43-46H2,1-2H3/t49-,50+,55?,56?. The van der Waals surface area contributed by atoms with E-state index in [4.69, 9.17) is 0 Å². The van der Waals surface area contributed by atoms with Gasteiger partial charge in [0.25, 0.3) is 0 Å². The van der Waals surface area contributed by atoms with Gasteiger partial charge in [-0.25, -0.2) is 0 Å². The maximum atomic E-state index is 2.61. The van der Waals surface area contributed by atoms with Gasteiger partial charge in [0.2, 0.25) is 0 Å². The van der Waals surface area contributed by atoms with Crippen LogP contribution in [0.5, 0.6) is 0 Å². The number of anilines is 3. The third kappa shape index (κ3) is 7.88. The van der Waals surface area contributed by atoms with Gasteiger partial charge >= 0.3 is 0 Å². The van der Waals surface area contributed by atoms with Gasteiger partial charge in [0, 0.05) is 33.5 Å². The summed E-state index contributed by atoms with van der Waals surface area (Å²) >= 11 is 0. The van der Waals surface area contributed by atoms with E-state index in [-0.39, 0.29) is 0 Å². The van der Waals surface area contributed by atoms with Crippen LogP contribution in [-0.2, 0) is 5.41 Å². The number of aromatic nitrogens is 1. The number of hydrogen-bond acceptors (Lipinski definition) is 1. The maximum absolute atomic E-state index is 2.61. The van der Waals surface area contributed by atoms with Crippen LogP contribution in [0, 0.1) is 11.8 Å². The molecule has 14 rings (SSSR count). The fraction of sp³-hybridized carbons (Fsp3) is 0.155. The number of fused-ring (bicyclic) bond motifs is 7. The van der Waals surface area contributed by atoms with Gasteiger partial charge in [-0.3, -0.25) is 0 Å². The lowest BCUT2D eigenvalue weighted by Gasteiger charge is -2.45. The molecule has 2 heteroatoms. The van der Waals surface area contributed by atoms with Crippen LogP contribution in [0.4, 0.5) is 17.1 Å². The second-order valence-electron chi connectivity index (χ2n) is 21.1. The Kier molecular flexibility index (Phi) is 11.5. The average Bonchev–Trinajstić information content (AvgIpc) is 3.78. The number of rotatable bonds is 8. The highest BCUT2D eigenvalue weighted by Crippen LogP contribution is 2.55. The Labute approximate surface area is 430 Å². The number of benzene rings is 10. The molecular formula is C71H60N2. The molecule has 2 bridgehead atoms. The Morgan fingerprint density at radius 2 is 0.808 bits per heavy atom. The largest absolute Gasteiger partial charge is 0.310 e. The summed E-state index contributed by atoms with van der Waals surface area (Å²) in [5, 5.41) is 2.55. The van der Waals surface area contributed by atoms with Crippen LogP contribution in [0.15, 0.2) is 255 Å². The Bertz CT molecular complexity index is 3610. The molecule has 1 aromatic heterocycles. The van der Waals surface area contributed by atoms with Crippen molar-refractivity contribution < 1.29 is 0 Å². The fourth-order valence-electron chi connectivity index (χ4n) is 13.4. The molecule has 10 aromatic carbocycles. The van der Waals surface area contributed by atoms with E-state index in [1.807, 2.05) is 0 Å². The number of nitrogens with zero attached hydrogens (tertiary/aromatic N) is 2. The molecule has 2 nitrogen and oxygen atoms in total. The summed E-state index contributed by atoms with van der Waals surface area (Å²) in [7, 11) is 0. The lowest BCUT2D eigenvalue weighted by molar-refractivity contribution is 0.284. The normalized spacial score (nSPS) is 18.2. The number of hydrogen-bond donors (Lipinski definition) is 0. The summed E-state index contributed by atoms with van der Waals surface area (Å²) in [6.45, 7) is 5.04. The van der Waals surface area contributed by atoms with Crippen molar-refractivity contribution in [2.45, 2.75) is 56.8 Å². The molecule has 0 aliphatic heterocycles. The minimum Gasteiger partial charge on any atom is -0.310 e. The minimum atomic E-state index is -0.540. The monoisotopic (exact) mass is 940 g/mol. The van der Waals surface area contributed by atoms with Crippen molar-refractivity contribution in [3.05, 3.63) is 288 Å². The van der Waals surface area contributed by atoms with Crippen LogP contribution in [0.3, 0.4) is 0 Å². The van der Waals surface area contributed by atoms with E-state index >= 15 is 0 Å². The van der Waals surface area contributed by atoms with Gasteiger partial charge in [-0.2, -0.15) is 0 Å². The second-order valence-corrected chi connectivity index (χ2v) is 21.1. The molecule has 4 atom stereocenters. The van der Waals surface area contributed by atoms with Gasteiger partial charge in [-0.15, -0.1) is 0 Å². The van der Waals surface area contributed by atoms with Crippen molar-refractivity contribution in [3.8, 4) is 27.9 Å². The van der Waals surface area contributed by atoms with Crippen molar-refractivity contribution in [1.29, 1.82) is 0 Å². The predicted octanol–water partition coefficient (Wildman–Crippen LogP) is 19.0. The second kappa shape index (κ2) is 18.8. The van der Waals surface area contributed by atoms with E-state index in [9.17, 15) is 0 Å². The van der Waals surface area contributed by atoms with E-state index in [2.05, 4.69) is 278 Å². The molecular weight excluding hydrogens is 881 g/mol. The molecule has 73 heavy (non-hydrogen) atoms. The SMILES string of the molecule is C[C@@H]1CC2C[C@H](C)CC(C1)c1cc(N(c3ccc(-c4ccc(-n5c6ccccc6c6ccccc65)cc4)cc3)c3cccc(-c4ccccc4)c3)ccc1C(c1ccccc1)(c1ccccc1)c1ccccc12. The molecule has 1 fully saturated rings. The average molecular weight is 941 g/mol. The molecule has 1 saturated carbocycles. The number of para-hydroxylation sites is 2. The molecule has 3 aliphatic carbocycles. The summed E-state index contributed by atoms with van der Waals surface area (Å²) in [5.41, 5.74) is 19.7. The van der Waals surface area contributed by atoms with Crippen LogP contribution < -0.4 is 4.90 Å². The molecule has 354 valence electrons. The highest BCUT2D eigenvalue weighted by Gasteiger charge is 2.45. The summed E-state index contributed by atoms with van der Waals surface area (Å²) in [6.07, 6.45) is 4.71. The zero-order valence-corrected chi connectivity index (χ0v) is 41.8. The zero-order valence-electron chi connectivity index (χ0n) is 41.8. The quantitative estimate of drug-likeness (QED) is 0.147. The third-order valence-electron chi connectivity index (χ3n) is 16.5. The smallest absolute Gasteiger partial charge is 0.0707 e. The van der Waals surface area contributed by atoms with E-state index in [0.717, 1.165) is 29.9 Å². The third-order valence-corrected chi connectivity index (χ3v) is 16.5. The lowest BCUT2D eigenvalue weighted by atomic mass is 9.58. The first-order valence-electron chi connectivity index (χ1n) is 26.5. The van der Waals surface area contributed by atoms with Crippen LogP contribution in [0.1, 0.15) is 84.7 Å². The van der Waals surface area contributed by atoms with E-state index in [1.165, 1.54) is 96.0 Å². The van der Waals surface area contributed by atoms with Gasteiger partial charge < -0.3 is 9.47 Å². The van der Waals surface area contributed by atoms with E-state index in [1.54, 1.807) is 0 Å². The van der Waals surface area contributed by atoms with Gasteiger partial charge in [-0.1, -0.05) is 208 Å². The molecule has 0 radical (unpaired) electrons.